The van der Waals surface area contributed by atoms with Crippen LogP contribution in [0.1, 0.15) is 42.6 Å². The topological polar surface area (TPSA) is 109 Å². The zero-order valence-electron chi connectivity index (χ0n) is 23.5. The van der Waals surface area contributed by atoms with E-state index in [1.54, 1.807) is 32.4 Å². The summed E-state index contributed by atoms with van der Waals surface area (Å²) < 4.78 is 16.4. The maximum atomic E-state index is 13.7. The largest absolute Gasteiger partial charge is 0.493 e. The Morgan fingerprint density at radius 1 is 1.08 bits per heavy atom. The van der Waals surface area contributed by atoms with Crippen LogP contribution < -0.4 is 20.1 Å². The van der Waals surface area contributed by atoms with Gasteiger partial charge >= 0.3 is 6.09 Å². The molecule has 3 N–H and O–H groups in total. The molecule has 0 aliphatic carbocycles. The van der Waals surface area contributed by atoms with E-state index in [-0.39, 0.29) is 29.8 Å². The zero-order valence-corrected chi connectivity index (χ0v) is 23.5. The van der Waals surface area contributed by atoms with E-state index in [1.807, 2.05) is 36.9 Å². The van der Waals surface area contributed by atoms with Crippen LogP contribution in [-0.2, 0) is 11.2 Å². The number of hydrogen-bond acceptors (Lipinski definition) is 6. The first-order chi connectivity index (χ1) is 18.8. The van der Waals surface area contributed by atoms with Gasteiger partial charge in [-0.15, -0.1) is 0 Å². The molecule has 0 unspecified atom stereocenters. The second kappa shape index (κ2) is 15.3. The lowest BCUT2D eigenvalue weighted by atomic mass is 9.85. The van der Waals surface area contributed by atoms with E-state index in [4.69, 9.17) is 14.2 Å². The molecule has 0 spiro atoms. The van der Waals surface area contributed by atoms with Crippen molar-refractivity contribution in [2.75, 3.05) is 47.1 Å². The monoisotopic (exact) mass is 541 g/mol. The summed E-state index contributed by atoms with van der Waals surface area (Å²) in [4.78, 5) is 27.3. The van der Waals surface area contributed by atoms with Crippen molar-refractivity contribution in [2.45, 2.75) is 45.2 Å². The van der Waals surface area contributed by atoms with Crippen molar-refractivity contribution in [2.24, 2.45) is 11.8 Å². The molecule has 214 valence electrons. The number of aryl methyl sites for hydroxylation is 1. The van der Waals surface area contributed by atoms with E-state index < -0.39 is 6.09 Å². The highest BCUT2D eigenvalue weighted by molar-refractivity contribution is 5.95. The standard InChI is InChI=1S/C30H43N3O6/c1-21(2)33(29(34)23-12-14-27(38-4)28(17-23)39-16-8-15-37-3)20-24-18-31-19-25(24)26(32-30(35)36)13-11-22-9-6-5-7-10-22/h5-7,9-10,12,14,17,21,24-26,31-32H,8,11,13,15-16,18-20H2,1-4H3,(H,35,36)/t24-,25+,26+/m0/s1. The van der Waals surface area contributed by atoms with Crippen LogP contribution in [-0.4, -0.2) is 81.2 Å². The maximum Gasteiger partial charge on any atom is 0.404 e. The van der Waals surface area contributed by atoms with Crippen LogP contribution in [0.25, 0.3) is 0 Å². The summed E-state index contributed by atoms with van der Waals surface area (Å²) in [6, 6.07) is 15.1. The van der Waals surface area contributed by atoms with E-state index in [9.17, 15) is 14.7 Å². The van der Waals surface area contributed by atoms with Crippen LogP contribution in [0.3, 0.4) is 0 Å². The molecule has 9 nitrogen and oxygen atoms in total. The molecule has 0 aromatic heterocycles. The molecule has 39 heavy (non-hydrogen) atoms. The number of hydrogen-bond donors (Lipinski definition) is 3. The first-order valence-electron chi connectivity index (χ1n) is 13.7. The fraction of sp³-hybridized carbons (Fsp3) is 0.533. The third kappa shape index (κ3) is 8.86. The van der Waals surface area contributed by atoms with Crippen molar-refractivity contribution >= 4 is 12.0 Å². The van der Waals surface area contributed by atoms with Gasteiger partial charge in [-0.05, 0) is 62.3 Å². The summed E-state index contributed by atoms with van der Waals surface area (Å²) in [5, 5.41) is 15.8. The molecule has 0 saturated carbocycles. The SMILES string of the molecule is COCCCOc1cc(C(=O)N(C[C@@H]2CNC[C@H]2[C@@H](CCc2ccccc2)NC(=O)O)C(C)C)ccc1OC. The van der Waals surface area contributed by atoms with Crippen molar-refractivity contribution in [1.82, 2.24) is 15.5 Å². The Morgan fingerprint density at radius 3 is 2.51 bits per heavy atom. The molecule has 1 fully saturated rings. The van der Waals surface area contributed by atoms with Crippen LogP contribution in [0.15, 0.2) is 48.5 Å². The number of methoxy groups -OCH3 is 2. The average Bonchev–Trinajstić information content (AvgIpc) is 3.40. The fourth-order valence-corrected chi connectivity index (χ4v) is 5.20. The van der Waals surface area contributed by atoms with Crippen molar-refractivity contribution in [3.8, 4) is 11.5 Å². The van der Waals surface area contributed by atoms with Crippen LogP contribution in [0.2, 0.25) is 0 Å². The van der Waals surface area contributed by atoms with Gasteiger partial charge in [-0.2, -0.15) is 0 Å². The number of nitrogens with one attached hydrogen (secondary N) is 2. The van der Waals surface area contributed by atoms with Crippen LogP contribution in [0.5, 0.6) is 11.5 Å². The summed E-state index contributed by atoms with van der Waals surface area (Å²) in [6.45, 7) is 6.99. The van der Waals surface area contributed by atoms with E-state index in [2.05, 4.69) is 22.8 Å². The molecule has 1 aliphatic rings. The van der Waals surface area contributed by atoms with E-state index >= 15 is 0 Å². The molecule has 0 bridgehead atoms. The first kappa shape index (κ1) is 30.2. The maximum absolute atomic E-state index is 13.7. The van der Waals surface area contributed by atoms with Gasteiger partial charge in [-0.3, -0.25) is 4.79 Å². The molecule has 9 heteroatoms. The van der Waals surface area contributed by atoms with Crippen LogP contribution >= 0.6 is 0 Å². The minimum Gasteiger partial charge on any atom is -0.493 e. The van der Waals surface area contributed by atoms with E-state index in [0.717, 1.165) is 19.4 Å². The molecule has 1 heterocycles. The van der Waals surface area contributed by atoms with Crippen LogP contribution in [0, 0.1) is 11.8 Å². The molecule has 3 rings (SSSR count). The second-order valence-corrected chi connectivity index (χ2v) is 10.3. The zero-order chi connectivity index (χ0) is 28.2. The number of rotatable bonds is 15. The molecular formula is C30H43N3O6. The number of benzene rings is 2. The molecule has 3 atom stereocenters. The van der Waals surface area contributed by atoms with Gasteiger partial charge in [-0.25, -0.2) is 4.79 Å². The third-order valence-electron chi connectivity index (χ3n) is 7.28. The Bertz CT molecular complexity index is 1050. The second-order valence-electron chi connectivity index (χ2n) is 10.3. The predicted octanol–water partition coefficient (Wildman–Crippen LogP) is 4.07. The lowest BCUT2D eigenvalue weighted by molar-refractivity contribution is 0.0650. The van der Waals surface area contributed by atoms with Gasteiger partial charge in [0.05, 0.1) is 13.7 Å². The molecule has 0 radical (unpaired) electrons. The number of amides is 2. The van der Waals surface area contributed by atoms with Crippen molar-refractivity contribution in [1.29, 1.82) is 0 Å². The van der Waals surface area contributed by atoms with Crippen LogP contribution in [0.4, 0.5) is 4.79 Å². The minimum absolute atomic E-state index is 0.0397. The normalized spacial score (nSPS) is 17.6. The predicted molar refractivity (Wildman–Crippen MR) is 151 cm³/mol. The summed E-state index contributed by atoms with van der Waals surface area (Å²) in [7, 11) is 3.22. The van der Waals surface area contributed by atoms with Gasteiger partial charge in [0.2, 0.25) is 0 Å². The first-order valence-corrected chi connectivity index (χ1v) is 13.7. The van der Waals surface area contributed by atoms with E-state index in [1.165, 1.54) is 5.56 Å². The third-order valence-corrected chi connectivity index (χ3v) is 7.28. The number of carbonyl (C=O) groups is 2. The summed E-state index contributed by atoms with van der Waals surface area (Å²) >= 11 is 0. The van der Waals surface area contributed by atoms with Gasteiger partial charge in [0.25, 0.3) is 5.91 Å². The Morgan fingerprint density at radius 2 is 1.85 bits per heavy atom. The van der Waals surface area contributed by atoms with E-state index in [0.29, 0.717) is 49.8 Å². The smallest absolute Gasteiger partial charge is 0.404 e. The molecule has 1 saturated heterocycles. The fourth-order valence-electron chi connectivity index (χ4n) is 5.20. The van der Waals surface area contributed by atoms with Gasteiger partial charge in [0.1, 0.15) is 0 Å². The lowest BCUT2D eigenvalue weighted by Crippen LogP contribution is -2.47. The number of carbonyl (C=O) groups excluding carboxylic acids is 1. The Labute approximate surface area is 231 Å². The highest BCUT2D eigenvalue weighted by Crippen LogP contribution is 2.30. The summed E-state index contributed by atoms with van der Waals surface area (Å²) in [5.74, 6) is 1.17. The van der Waals surface area contributed by atoms with Gasteiger partial charge in [-0.1, -0.05) is 30.3 Å². The minimum atomic E-state index is -1.02. The summed E-state index contributed by atoms with van der Waals surface area (Å²) in [6.07, 6.45) is 1.17. The number of nitrogens with zero attached hydrogens (tertiary/aromatic N) is 1. The highest BCUT2D eigenvalue weighted by atomic mass is 16.5. The molecule has 2 aromatic rings. The highest BCUT2D eigenvalue weighted by Gasteiger charge is 2.37. The molecular weight excluding hydrogens is 498 g/mol. The Balaban J connectivity index is 1.74. The molecule has 2 aromatic carbocycles. The lowest BCUT2D eigenvalue weighted by Gasteiger charge is -2.34. The van der Waals surface area contributed by atoms with Gasteiger partial charge in [0, 0.05) is 57.4 Å². The average molecular weight is 542 g/mol. The van der Waals surface area contributed by atoms with Crippen molar-refractivity contribution < 1.29 is 28.9 Å². The number of carboxylic acid groups (broad SMARTS) is 1. The Hall–Kier alpha value is -3.30. The van der Waals surface area contributed by atoms with Crippen molar-refractivity contribution in [3.63, 3.8) is 0 Å². The summed E-state index contributed by atoms with van der Waals surface area (Å²) in [5.41, 5.74) is 1.70. The van der Waals surface area contributed by atoms with Gasteiger partial charge < -0.3 is 34.9 Å². The Kier molecular flexibility index (Phi) is 11.9. The molecule has 2 amide bonds. The quantitative estimate of drug-likeness (QED) is 0.292. The van der Waals surface area contributed by atoms with Gasteiger partial charge in [0.15, 0.2) is 11.5 Å². The molecule has 1 aliphatic heterocycles. The van der Waals surface area contributed by atoms with Crippen molar-refractivity contribution in [3.05, 3.63) is 59.7 Å². The number of ether oxygens (including phenoxy) is 3.